The van der Waals surface area contributed by atoms with E-state index in [9.17, 15) is 10.1 Å². The van der Waals surface area contributed by atoms with Gasteiger partial charge in [0.2, 0.25) is 0 Å². The van der Waals surface area contributed by atoms with Crippen LogP contribution in [0.15, 0.2) is 65.8 Å². The molecule has 7 nitrogen and oxygen atoms in total. The van der Waals surface area contributed by atoms with Gasteiger partial charge in [-0.1, -0.05) is 29.4 Å². The van der Waals surface area contributed by atoms with Gasteiger partial charge in [0, 0.05) is 21.3 Å². The Bertz CT molecular complexity index is 1090. The summed E-state index contributed by atoms with van der Waals surface area (Å²) < 4.78 is 13.5. The molecule has 0 aliphatic carbocycles. The van der Waals surface area contributed by atoms with E-state index in [2.05, 4.69) is 50.3 Å². The maximum atomic E-state index is 10.8. The van der Waals surface area contributed by atoms with Gasteiger partial charge in [-0.25, -0.2) is 0 Å². The Morgan fingerprint density at radius 1 is 1.03 bits per heavy atom. The molecule has 0 aliphatic rings. The first kappa shape index (κ1) is 23.3. The summed E-state index contributed by atoms with van der Waals surface area (Å²) in [7, 11) is 1.59. The van der Waals surface area contributed by atoms with Crippen molar-refractivity contribution >= 4 is 57.1 Å². The average Bonchev–Trinajstić information content (AvgIpc) is 2.77. The van der Waals surface area contributed by atoms with E-state index in [1.54, 1.807) is 25.5 Å². The highest BCUT2D eigenvalue weighted by molar-refractivity contribution is 14.1. The second-order valence-corrected chi connectivity index (χ2v) is 8.79. The third-order valence-corrected chi connectivity index (χ3v) is 5.70. The number of nitro groups is 1. The molecule has 9 heteroatoms. The number of methoxy groups -OCH3 is 1. The number of non-ortho nitro benzene ring substituents is 1. The van der Waals surface area contributed by atoms with E-state index in [-0.39, 0.29) is 12.3 Å². The highest BCUT2D eigenvalue weighted by Gasteiger charge is 2.12. The molecule has 0 heterocycles. The topological polar surface area (TPSA) is 83.2 Å². The van der Waals surface area contributed by atoms with Crippen LogP contribution < -0.4 is 9.47 Å². The molecule has 0 amide bonds. The third kappa shape index (κ3) is 6.79. The molecule has 3 rings (SSSR count). The predicted octanol–water partition coefficient (Wildman–Crippen LogP) is 5.94. The minimum absolute atomic E-state index is 0.0187. The van der Waals surface area contributed by atoms with E-state index in [0.29, 0.717) is 23.7 Å². The van der Waals surface area contributed by atoms with Crippen LogP contribution in [0.2, 0.25) is 0 Å². The van der Waals surface area contributed by atoms with Gasteiger partial charge >= 0.3 is 0 Å². The van der Waals surface area contributed by atoms with E-state index in [4.69, 9.17) is 14.3 Å². The molecule has 0 N–H and O–H groups in total. The highest BCUT2D eigenvalue weighted by Crippen LogP contribution is 2.34. The van der Waals surface area contributed by atoms with Crippen LogP contribution in [-0.2, 0) is 18.1 Å². The smallest absolute Gasteiger partial charge is 0.269 e. The highest BCUT2D eigenvalue weighted by atomic mass is 127. The standard InChI is InChI=1S/C22H18I2N2O5/c1-29-21-11-17(12-25-31-14-16-3-2-4-19(9-16)26(27)28)10-20(24)22(21)30-13-15-5-7-18(23)8-6-15/h2-12H,13-14H2,1H3/b25-12-. The Morgan fingerprint density at radius 2 is 1.81 bits per heavy atom. The lowest BCUT2D eigenvalue weighted by atomic mass is 10.2. The number of hydrogen-bond acceptors (Lipinski definition) is 6. The van der Waals surface area contributed by atoms with Gasteiger partial charge < -0.3 is 14.3 Å². The summed E-state index contributed by atoms with van der Waals surface area (Å²) in [5.41, 5.74) is 2.53. The minimum atomic E-state index is -0.441. The van der Waals surface area contributed by atoms with Gasteiger partial charge in [0.1, 0.15) is 13.2 Å². The van der Waals surface area contributed by atoms with Crippen LogP contribution in [0.3, 0.4) is 0 Å². The van der Waals surface area contributed by atoms with Crippen LogP contribution in [0.1, 0.15) is 16.7 Å². The molecule has 3 aromatic rings. The maximum absolute atomic E-state index is 10.8. The quantitative estimate of drug-likeness (QED) is 0.125. The summed E-state index contributed by atoms with van der Waals surface area (Å²) in [4.78, 5) is 15.7. The van der Waals surface area contributed by atoms with E-state index in [1.165, 1.54) is 15.7 Å². The largest absolute Gasteiger partial charge is 0.493 e. The van der Waals surface area contributed by atoms with E-state index >= 15 is 0 Å². The normalized spacial score (nSPS) is 10.8. The first-order chi connectivity index (χ1) is 15.0. The van der Waals surface area contributed by atoms with E-state index in [1.807, 2.05) is 36.4 Å². The average molecular weight is 644 g/mol. The number of ether oxygens (including phenoxy) is 2. The van der Waals surface area contributed by atoms with Crippen LogP contribution >= 0.6 is 45.2 Å². The fraction of sp³-hybridized carbons (Fsp3) is 0.136. The number of hydrogen-bond donors (Lipinski definition) is 0. The van der Waals surface area contributed by atoms with Crippen molar-refractivity contribution in [1.82, 2.24) is 0 Å². The second kappa shape index (κ2) is 11.3. The molecular formula is C22H18I2N2O5. The molecular weight excluding hydrogens is 626 g/mol. The molecule has 160 valence electrons. The lowest BCUT2D eigenvalue weighted by Gasteiger charge is -2.13. The Kier molecular flexibility index (Phi) is 8.46. The lowest BCUT2D eigenvalue weighted by molar-refractivity contribution is -0.384. The third-order valence-electron chi connectivity index (χ3n) is 4.18. The van der Waals surface area contributed by atoms with Crippen LogP contribution in [0.25, 0.3) is 0 Å². The summed E-state index contributed by atoms with van der Waals surface area (Å²) in [6.45, 7) is 0.562. The Labute approximate surface area is 206 Å². The van der Waals surface area contributed by atoms with Gasteiger partial charge in [-0.05, 0) is 80.6 Å². The van der Waals surface area contributed by atoms with Gasteiger partial charge in [0.05, 0.1) is 21.8 Å². The van der Waals surface area contributed by atoms with E-state index in [0.717, 1.165) is 14.7 Å². The summed E-state index contributed by atoms with van der Waals surface area (Å²) >= 11 is 4.46. The molecule has 0 bridgehead atoms. The van der Waals surface area contributed by atoms with Gasteiger partial charge in [0.15, 0.2) is 11.5 Å². The van der Waals surface area contributed by atoms with Gasteiger partial charge in [-0.15, -0.1) is 0 Å². The number of halogens is 2. The van der Waals surface area contributed by atoms with Crippen molar-refractivity contribution in [2.24, 2.45) is 5.16 Å². The zero-order valence-electron chi connectivity index (χ0n) is 16.5. The molecule has 31 heavy (non-hydrogen) atoms. The number of nitrogens with zero attached hydrogens (tertiary/aromatic N) is 2. The number of benzene rings is 3. The van der Waals surface area contributed by atoms with Gasteiger partial charge in [-0.2, -0.15) is 0 Å². The first-order valence-corrected chi connectivity index (χ1v) is 11.3. The molecule has 0 saturated carbocycles. The first-order valence-electron chi connectivity index (χ1n) is 9.09. The van der Waals surface area contributed by atoms with Crippen molar-refractivity contribution in [3.63, 3.8) is 0 Å². The molecule has 0 unspecified atom stereocenters. The summed E-state index contributed by atoms with van der Waals surface area (Å²) in [6.07, 6.45) is 1.56. The Hall–Kier alpha value is -2.41. The van der Waals surface area contributed by atoms with Crippen LogP contribution in [0.4, 0.5) is 5.69 Å². The van der Waals surface area contributed by atoms with Gasteiger partial charge in [0.25, 0.3) is 5.69 Å². The second-order valence-electron chi connectivity index (χ2n) is 6.38. The fourth-order valence-corrected chi connectivity index (χ4v) is 3.80. The maximum Gasteiger partial charge on any atom is 0.269 e. The van der Waals surface area contributed by atoms with Crippen LogP contribution in [-0.4, -0.2) is 18.2 Å². The molecule has 0 aromatic heterocycles. The van der Waals surface area contributed by atoms with Crippen molar-refractivity contribution in [3.05, 3.63) is 94.6 Å². The monoisotopic (exact) mass is 644 g/mol. The van der Waals surface area contributed by atoms with E-state index < -0.39 is 4.92 Å². The van der Waals surface area contributed by atoms with Crippen molar-refractivity contribution in [2.45, 2.75) is 13.2 Å². The molecule has 0 radical (unpaired) electrons. The summed E-state index contributed by atoms with van der Waals surface area (Å²) in [5.74, 6) is 1.26. The molecule has 0 aliphatic heterocycles. The SMILES string of the molecule is COc1cc(/C=N\OCc2cccc([N+](=O)[O-])c2)cc(I)c1OCc1ccc(I)cc1. The van der Waals surface area contributed by atoms with Crippen molar-refractivity contribution in [1.29, 1.82) is 0 Å². The summed E-state index contributed by atoms with van der Waals surface area (Å²) in [5, 5.41) is 14.8. The fourth-order valence-electron chi connectivity index (χ4n) is 2.66. The molecule has 0 saturated heterocycles. The Morgan fingerprint density at radius 3 is 2.52 bits per heavy atom. The minimum Gasteiger partial charge on any atom is -0.493 e. The van der Waals surface area contributed by atoms with Crippen LogP contribution in [0.5, 0.6) is 11.5 Å². The predicted molar refractivity (Wildman–Crippen MR) is 135 cm³/mol. The Balaban J connectivity index is 1.64. The molecule has 0 fully saturated rings. The molecule has 0 spiro atoms. The van der Waals surface area contributed by atoms with Crippen molar-refractivity contribution in [3.8, 4) is 11.5 Å². The zero-order chi connectivity index (χ0) is 22.2. The van der Waals surface area contributed by atoms with Crippen LogP contribution in [0, 0.1) is 17.3 Å². The number of rotatable bonds is 9. The zero-order valence-corrected chi connectivity index (χ0v) is 20.8. The van der Waals surface area contributed by atoms with Gasteiger partial charge in [-0.3, -0.25) is 10.1 Å². The number of nitro benzene ring substituents is 1. The molecule has 0 atom stereocenters. The molecule has 3 aromatic carbocycles. The van der Waals surface area contributed by atoms with Crippen molar-refractivity contribution < 1.29 is 19.2 Å². The number of oxime groups is 1. The van der Waals surface area contributed by atoms with Crippen molar-refractivity contribution in [2.75, 3.05) is 7.11 Å². The summed E-state index contributed by atoms with van der Waals surface area (Å²) in [6, 6.07) is 18.1. The lowest BCUT2D eigenvalue weighted by Crippen LogP contribution is -2.01.